The van der Waals surface area contributed by atoms with Crippen molar-refractivity contribution in [2.45, 2.75) is 39.3 Å². The van der Waals surface area contributed by atoms with Crippen LogP contribution in [0.25, 0.3) is 5.76 Å². The van der Waals surface area contributed by atoms with Gasteiger partial charge in [0.05, 0.1) is 11.6 Å². The summed E-state index contributed by atoms with van der Waals surface area (Å²) < 4.78 is 11.5. The third kappa shape index (κ3) is 5.02. The lowest BCUT2D eigenvalue weighted by Gasteiger charge is -2.28. The van der Waals surface area contributed by atoms with E-state index < -0.39 is 17.7 Å². The van der Waals surface area contributed by atoms with Gasteiger partial charge in [0.15, 0.2) is 0 Å². The van der Waals surface area contributed by atoms with Crippen molar-refractivity contribution in [3.63, 3.8) is 0 Å². The molecule has 0 aliphatic carbocycles. The number of amides is 1. The van der Waals surface area contributed by atoms with Crippen LogP contribution in [0.15, 0.2) is 60.7 Å². The number of rotatable bonds is 10. The average molecular weight is 491 g/mol. The minimum absolute atomic E-state index is 0.0568. The Labute approximate surface area is 212 Å². The summed E-state index contributed by atoms with van der Waals surface area (Å²) >= 11 is 0. The highest BCUT2D eigenvalue weighted by atomic mass is 16.5. The van der Waals surface area contributed by atoms with Crippen LogP contribution in [0.4, 0.5) is 0 Å². The molecule has 2 heterocycles. The maximum absolute atomic E-state index is 13.3. The standard InChI is InChI=1S/C29H34N2O5/c1-5-15-35-23-10-8-9-20(18-23)26-25(28(33)29(34)31(26)14-13-30(6-2)7-3)27(32)21-11-12-24-22(17-21)16-19(4)36-24/h5,8-12,17-19,26,32H,1,6-7,13-16H2,2-4H3/b27-25+. The van der Waals surface area contributed by atoms with Crippen molar-refractivity contribution in [2.24, 2.45) is 0 Å². The van der Waals surface area contributed by atoms with E-state index in [9.17, 15) is 14.7 Å². The Morgan fingerprint density at radius 1 is 1.22 bits per heavy atom. The molecule has 1 fully saturated rings. The Balaban J connectivity index is 1.78. The molecule has 2 unspecified atom stereocenters. The van der Waals surface area contributed by atoms with Crippen molar-refractivity contribution < 1.29 is 24.2 Å². The minimum Gasteiger partial charge on any atom is -0.507 e. The molecule has 190 valence electrons. The van der Waals surface area contributed by atoms with Crippen LogP contribution >= 0.6 is 0 Å². The normalized spacial score (nSPS) is 20.5. The van der Waals surface area contributed by atoms with Crippen molar-refractivity contribution in [2.75, 3.05) is 32.8 Å². The Bertz CT molecular complexity index is 1180. The van der Waals surface area contributed by atoms with Gasteiger partial charge in [0.2, 0.25) is 0 Å². The van der Waals surface area contributed by atoms with Gasteiger partial charge >= 0.3 is 0 Å². The molecule has 4 rings (SSSR count). The third-order valence-electron chi connectivity index (χ3n) is 6.80. The second kappa shape index (κ2) is 11.0. The first-order valence-corrected chi connectivity index (χ1v) is 12.5. The van der Waals surface area contributed by atoms with Gasteiger partial charge in [-0.2, -0.15) is 0 Å². The molecule has 1 N–H and O–H groups in total. The number of fused-ring (bicyclic) bond motifs is 1. The largest absolute Gasteiger partial charge is 0.507 e. The van der Waals surface area contributed by atoms with E-state index in [0.29, 0.717) is 36.6 Å². The van der Waals surface area contributed by atoms with Crippen molar-refractivity contribution in [3.05, 3.63) is 77.4 Å². The number of hydrogen-bond acceptors (Lipinski definition) is 6. The fourth-order valence-electron chi connectivity index (χ4n) is 4.90. The van der Waals surface area contributed by atoms with E-state index in [2.05, 4.69) is 25.3 Å². The van der Waals surface area contributed by atoms with Gasteiger partial charge in [0, 0.05) is 25.1 Å². The fraction of sp³-hybridized carbons (Fsp3) is 0.379. The number of carbonyl (C=O) groups is 2. The Morgan fingerprint density at radius 2 is 2.00 bits per heavy atom. The summed E-state index contributed by atoms with van der Waals surface area (Å²) in [5.41, 5.74) is 2.26. The number of nitrogens with zero attached hydrogens (tertiary/aromatic N) is 2. The molecule has 0 saturated carbocycles. The van der Waals surface area contributed by atoms with Gasteiger partial charge in [-0.1, -0.05) is 38.6 Å². The number of ether oxygens (including phenoxy) is 2. The van der Waals surface area contributed by atoms with E-state index in [1.807, 2.05) is 43.3 Å². The molecule has 0 aromatic heterocycles. The van der Waals surface area contributed by atoms with Gasteiger partial charge in [-0.05, 0) is 61.5 Å². The molecule has 0 spiro atoms. The summed E-state index contributed by atoms with van der Waals surface area (Å²) in [5.74, 6) is -0.0833. The van der Waals surface area contributed by atoms with Crippen molar-refractivity contribution >= 4 is 17.4 Å². The maximum atomic E-state index is 13.3. The number of likely N-dealkylation sites (tertiary alicyclic amines) is 1. The van der Waals surface area contributed by atoms with Crippen LogP contribution in [0, 0.1) is 0 Å². The number of Topliss-reactive ketones (excluding diaryl/α,β-unsaturated/α-hetero) is 1. The molecule has 0 bridgehead atoms. The SMILES string of the molecule is C=CCOc1cccc(C2/C(=C(\O)c3ccc4c(c3)CC(C)O4)C(=O)C(=O)N2CCN(CC)CC)c1. The minimum atomic E-state index is -0.726. The van der Waals surface area contributed by atoms with E-state index in [-0.39, 0.29) is 17.4 Å². The number of hydrogen-bond donors (Lipinski definition) is 1. The van der Waals surface area contributed by atoms with Crippen LogP contribution in [0.1, 0.15) is 43.5 Å². The first-order valence-electron chi connectivity index (χ1n) is 12.5. The number of likely N-dealkylation sites (N-methyl/N-ethyl adjacent to an activating group) is 1. The van der Waals surface area contributed by atoms with Gasteiger partial charge in [0.1, 0.15) is 30.0 Å². The molecule has 7 heteroatoms. The topological polar surface area (TPSA) is 79.3 Å². The number of ketones is 1. The third-order valence-corrected chi connectivity index (χ3v) is 6.80. The maximum Gasteiger partial charge on any atom is 0.295 e. The number of benzene rings is 2. The summed E-state index contributed by atoms with van der Waals surface area (Å²) in [5, 5.41) is 11.4. The van der Waals surface area contributed by atoms with Crippen LogP contribution in [-0.4, -0.2) is 65.5 Å². The van der Waals surface area contributed by atoms with Crippen molar-refractivity contribution in [3.8, 4) is 11.5 Å². The lowest BCUT2D eigenvalue weighted by atomic mass is 9.94. The molecule has 2 aromatic carbocycles. The predicted octanol–water partition coefficient (Wildman–Crippen LogP) is 4.34. The number of aliphatic hydroxyl groups excluding tert-OH is 1. The first kappa shape index (κ1) is 25.5. The number of carbonyl (C=O) groups excluding carboxylic acids is 2. The van der Waals surface area contributed by atoms with Crippen LogP contribution in [-0.2, 0) is 16.0 Å². The lowest BCUT2D eigenvalue weighted by Crippen LogP contribution is -2.38. The summed E-state index contributed by atoms with van der Waals surface area (Å²) in [6, 6.07) is 12.0. The van der Waals surface area contributed by atoms with Gasteiger partial charge in [-0.15, -0.1) is 0 Å². The van der Waals surface area contributed by atoms with Gasteiger partial charge in [-0.25, -0.2) is 0 Å². The molecule has 1 amide bonds. The zero-order valence-electron chi connectivity index (χ0n) is 21.2. The van der Waals surface area contributed by atoms with E-state index in [4.69, 9.17) is 9.47 Å². The summed E-state index contributed by atoms with van der Waals surface area (Å²) in [4.78, 5) is 30.4. The molecule has 2 aliphatic heterocycles. The summed E-state index contributed by atoms with van der Waals surface area (Å²) in [7, 11) is 0. The second-order valence-electron chi connectivity index (χ2n) is 9.15. The highest BCUT2D eigenvalue weighted by Crippen LogP contribution is 2.41. The second-order valence-corrected chi connectivity index (χ2v) is 9.15. The molecule has 2 aliphatic rings. The average Bonchev–Trinajstić information content (AvgIpc) is 3.38. The van der Waals surface area contributed by atoms with E-state index >= 15 is 0 Å². The van der Waals surface area contributed by atoms with Crippen LogP contribution in [0.3, 0.4) is 0 Å². The quantitative estimate of drug-likeness (QED) is 0.231. The van der Waals surface area contributed by atoms with Crippen molar-refractivity contribution in [1.82, 2.24) is 9.80 Å². The predicted molar refractivity (Wildman–Crippen MR) is 139 cm³/mol. The Kier molecular flexibility index (Phi) is 7.79. The zero-order chi connectivity index (χ0) is 25.8. The monoisotopic (exact) mass is 490 g/mol. The highest BCUT2D eigenvalue weighted by molar-refractivity contribution is 6.46. The zero-order valence-corrected chi connectivity index (χ0v) is 21.2. The van der Waals surface area contributed by atoms with Gasteiger partial charge in [0.25, 0.3) is 11.7 Å². The molecule has 1 saturated heterocycles. The van der Waals surface area contributed by atoms with Gasteiger partial charge < -0.3 is 24.4 Å². The fourth-order valence-corrected chi connectivity index (χ4v) is 4.90. The summed E-state index contributed by atoms with van der Waals surface area (Å²) in [6.45, 7) is 12.8. The lowest BCUT2D eigenvalue weighted by molar-refractivity contribution is -0.140. The molecule has 0 radical (unpaired) electrons. The Hall–Kier alpha value is -3.58. The first-order chi connectivity index (χ1) is 17.4. The number of aliphatic hydroxyl groups is 1. The van der Waals surface area contributed by atoms with Crippen LogP contribution in [0.2, 0.25) is 0 Å². The molecule has 36 heavy (non-hydrogen) atoms. The Morgan fingerprint density at radius 3 is 2.72 bits per heavy atom. The summed E-state index contributed by atoms with van der Waals surface area (Å²) in [6.07, 6.45) is 2.43. The van der Waals surface area contributed by atoms with E-state index in [0.717, 1.165) is 30.8 Å². The molecule has 2 aromatic rings. The van der Waals surface area contributed by atoms with Crippen LogP contribution < -0.4 is 9.47 Å². The molecule has 7 nitrogen and oxygen atoms in total. The highest BCUT2D eigenvalue weighted by Gasteiger charge is 2.46. The van der Waals surface area contributed by atoms with Crippen molar-refractivity contribution in [1.29, 1.82) is 0 Å². The smallest absolute Gasteiger partial charge is 0.295 e. The van der Waals surface area contributed by atoms with E-state index in [1.54, 1.807) is 17.0 Å². The van der Waals surface area contributed by atoms with E-state index in [1.165, 1.54) is 0 Å². The van der Waals surface area contributed by atoms with Gasteiger partial charge in [-0.3, -0.25) is 9.59 Å². The van der Waals surface area contributed by atoms with Crippen LogP contribution in [0.5, 0.6) is 11.5 Å². The molecule has 2 atom stereocenters. The molecular formula is C29H34N2O5. The molecular weight excluding hydrogens is 456 g/mol.